The summed E-state index contributed by atoms with van der Waals surface area (Å²) in [5, 5.41) is 3.54. The molecule has 1 aromatic rings. The van der Waals surface area contributed by atoms with E-state index in [9.17, 15) is 4.79 Å². The fraction of sp³-hybridized carbons (Fsp3) is 0.550. The lowest BCUT2D eigenvalue weighted by atomic mass is 9.75. The zero-order chi connectivity index (χ0) is 16.3. The number of likely N-dealkylation sites (tertiary alicyclic amines) is 1. The van der Waals surface area contributed by atoms with Crippen molar-refractivity contribution >= 4 is 11.5 Å². The van der Waals surface area contributed by atoms with Crippen LogP contribution in [0.3, 0.4) is 0 Å². The molecule has 2 aliphatic rings. The maximum Gasteiger partial charge on any atom is 0.162 e. The number of carbonyl (C=O) groups excluding carboxylic acids is 1. The molecule has 3 rings (SSSR count). The molecule has 124 valence electrons. The van der Waals surface area contributed by atoms with Crippen LogP contribution in [0.1, 0.15) is 46.0 Å². The van der Waals surface area contributed by atoms with E-state index in [2.05, 4.69) is 36.2 Å². The van der Waals surface area contributed by atoms with E-state index in [4.69, 9.17) is 0 Å². The summed E-state index contributed by atoms with van der Waals surface area (Å²) in [5.41, 5.74) is 3.25. The van der Waals surface area contributed by atoms with Crippen molar-refractivity contribution < 1.29 is 4.79 Å². The lowest BCUT2D eigenvalue weighted by Gasteiger charge is -2.35. The maximum absolute atomic E-state index is 12.8. The second kappa shape index (κ2) is 6.88. The van der Waals surface area contributed by atoms with Gasteiger partial charge in [-0.1, -0.05) is 38.5 Å². The van der Waals surface area contributed by atoms with E-state index in [-0.39, 0.29) is 5.41 Å². The number of benzene rings is 1. The van der Waals surface area contributed by atoms with Crippen molar-refractivity contribution in [1.82, 2.24) is 4.90 Å². The fourth-order valence-corrected chi connectivity index (χ4v) is 3.70. The number of Topliss-reactive ketones (excluding diaryl/α,β-unsaturated/α-hetero) is 1. The average molecular weight is 312 g/mol. The number of nitrogens with zero attached hydrogens (tertiary/aromatic N) is 1. The first-order valence-corrected chi connectivity index (χ1v) is 8.83. The topological polar surface area (TPSA) is 32.3 Å². The average Bonchev–Trinajstić information content (AvgIpc) is 2.52. The molecule has 1 fully saturated rings. The van der Waals surface area contributed by atoms with Gasteiger partial charge in [-0.2, -0.15) is 0 Å². The predicted octanol–water partition coefficient (Wildman–Crippen LogP) is 4.23. The molecular weight excluding hydrogens is 284 g/mol. The Bertz CT molecular complexity index is 583. The van der Waals surface area contributed by atoms with Crippen molar-refractivity contribution in [2.75, 3.05) is 25.0 Å². The largest absolute Gasteiger partial charge is 0.359 e. The molecule has 0 aromatic heterocycles. The van der Waals surface area contributed by atoms with Gasteiger partial charge in [0.2, 0.25) is 0 Å². The predicted molar refractivity (Wildman–Crippen MR) is 95.4 cm³/mol. The van der Waals surface area contributed by atoms with Crippen LogP contribution in [0, 0.1) is 5.41 Å². The highest BCUT2D eigenvalue weighted by Gasteiger charge is 2.33. The van der Waals surface area contributed by atoms with E-state index in [1.54, 1.807) is 0 Å². The zero-order valence-corrected chi connectivity index (χ0v) is 14.4. The van der Waals surface area contributed by atoms with Gasteiger partial charge < -0.3 is 5.32 Å². The number of nitrogens with one attached hydrogen (secondary N) is 1. The Morgan fingerprint density at radius 3 is 2.43 bits per heavy atom. The van der Waals surface area contributed by atoms with Crippen molar-refractivity contribution in [3.63, 3.8) is 0 Å². The van der Waals surface area contributed by atoms with Crippen LogP contribution in [0.15, 0.2) is 41.6 Å². The Morgan fingerprint density at radius 2 is 1.74 bits per heavy atom. The molecule has 1 aliphatic carbocycles. The number of allylic oxidation sites excluding steroid dienone is 1. The van der Waals surface area contributed by atoms with Crippen molar-refractivity contribution in [1.29, 1.82) is 0 Å². The summed E-state index contributed by atoms with van der Waals surface area (Å²) in [6.07, 6.45) is 5.45. The lowest BCUT2D eigenvalue weighted by Crippen LogP contribution is -2.37. The summed E-state index contributed by atoms with van der Waals surface area (Å²) in [4.78, 5) is 15.2. The van der Waals surface area contributed by atoms with Crippen LogP contribution in [-0.2, 0) is 4.79 Å². The van der Waals surface area contributed by atoms with Crippen LogP contribution in [-0.4, -0.2) is 30.3 Å². The first-order chi connectivity index (χ1) is 11.0. The van der Waals surface area contributed by atoms with E-state index in [1.807, 2.05) is 18.2 Å². The minimum atomic E-state index is 0.0413. The smallest absolute Gasteiger partial charge is 0.162 e. The van der Waals surface area contributed by atoms with Gasteiger partial charge in [-0.05, 0) is 49.9 Å². The van der Waals surface area contributed by atoms with Crippen molar-refractivity contribution in [2.45, 2.75) is 46.0 Å². The van der Waals surface area contributed by atoms with E-state index >= 15 is 0 Å². The van der Waals surface area contributed by atoms with E-state index in [0.29, 0.717) is 12.2 Å². The lowest BCUT2D eigenvalue weighted by molar-refractivity contribution is -0.118. The fourth-order valence-electron chi connectivity index (χ4n) is 3.70. The molecule has 23 heavy (non-hydrogen) atoms. The van der Waals surface area contributed by atoms with Gasteiger partial charge in [0.05, 0.1) is 0 Å². The molecule has 1 N–H and O–H groups in total. The Labute approximate surface area is 139 Å². The first kappa shape index (κ1) is 16.3. The summed E-state index contributed by atoms with van der Waals surface area (Å²) in [5.74, 6) is 0.324. The van der Waals surface area contributed by atoms with Gasteiger partial charge >= 0.3 is 0 Å². The monoisotopic (exact) mass is 312 g/mol. The third kappa shape index (κ3) is 4.23. The van der Waals surface area contributed by atoms with Crippen LogP contribution < -0.4 is 5.32 Å². The number of para-hydroxylation sites is 1. The number of hydrogen-bond acceptors (Lipinski definition) is 3. The number of hydrogen-bond donors (Lipinski definition) is 1. The third-order valence-electron chi connectivity index (χ3n) is 4.89. The van der Waals surface area contributed by atoms with Crippen LogP contribution in [0.25, 0.3) is 0 Å². The number of piperidine rings is 1. The quantitative estimate of drug-likeness (QED) is 0.903. The van der Waals surface area contributed by atoms with Gasteiger partial charge in [-0.25, -0.2) is 0 Å². The Kier molecular flexibility index (Phi) is 4.86. The molecule has 0 radical (unpaired) electrons. The summed E-state index contributed by atoms with van der Waals surface area (Å²) >= 11 is 0. The van der Waals surface area contributed by atoms with Gasteiger partial charge in [0.1, 0.15) is 0 Å². The van der Waals surface area contributed by atoms with E-state index in [1.165, 1.54) is 19.3 Å². The van der Waals surface area contributed by atoms with Gasteiger partial charge in [-0.3, -0.25) is 9.69 Å². The Morgan fingerprint density at radius 1 is 1.04 bits per heavy atom. The van der Waals surface area contributed by atoms with Crippen molar-refractivity contribution in [3.8, 4) is 0 Å². The summed E-state index contributed by atoms with van der Waals surface area (Å²) in [6, 6.07) is 10.2. The number of rotatable bonds is 4. The summed E-state index contributed by atoms with van der Waals surface area (Å²) in [7, 11) is 0. The minimum Gasteiger partial charge on any atom is -0.359 e. The second-order valence-electron chi connectivity index (χ2n) is 7.73. The second-order valence-corrected chi connectivity index (χ2v) is 7.73. The molecule has 1 aromatic carbocycles. The van der Waals surface area contributed by atoms with Crippen LogP contribution in [0.2, 0.25) is 0 Å². The highest BCUT2D eigenvalue weighted by atomic mass is 16.1. The van der Waals surface area contributed by atoms with Crippen LogP contribution in [0.4, 0.5) is 5.69 Å². The molecule has 0 bridgehead atoms. The summed E-state index contributed by atoms with van der Waals surface area (Å²) in [6.45, 7) is 7.44. The third-order valence-corrected chi connectivity index (χ3v) is 4.89. The Balaban J connectivity index is 1.85. The first-order valence-electron chi connectivity index (χ1n) is 8.83. The van der Waals surface area contributed by atoms with Gasteiger partial charge in [0.25, 0.3) is 0 Å². The van der Waals surface area contributed by atoms with E-state index < -0.39 is 0 Å². The molecule has 3 heteroatoms. The van der Waals surface area contributed by atoms with E-state index in [0.717, 1.165) is 43.0 Å². The molecule has 0 saturated carbocycles. The molecule has 0 atom stereocenters. The zero-order valence-electron chi connectivity index (χ0n) is 14.4. The normalized spacial score (nSPS) is 22.3. The Hall–Kier alpha value is -1.61. The molecule has 1 saturated heterocycles. The molecule has 3 nitrogen and oxygen atoms in total. The molecule has 0 amide bonds. The SMILES string of the molecule is CC1(C)CC(=O)C(CN2CCCCC2)=C(Nc2ccccc2)C1. The van der Waals surface area contributed by atoms with Crippen LogP contribution >= 0.6 is 0 Å². The van der Waals surface area contributed by atoms with Gasteiger partial charge in [0.15, 0.2) is 5.78 Å². The molecule has 1 heterocycles. The molecular formula is C20H28N2O. The number of carbonyl (C=O) groups is 1. The minimum absolute atomic E-state index is 0.0413. The van der Waals surface area contributed by atoms with Crippen molar-refractivity contribution in [3.05, 3.63) is 41.6 Å². The van der Waals surface area contributed by atoms with Crippen LogP contribution in [0.5, 0.6) is 0 Å². The number of anilines is 1. The highest BCUT2D eigenvalue weighted by Crippen LogP contribution is 2.37. The summed E-state index contributed by atoms with van der Waals surface area (Å²) < 4.78 is 0. The molecule has 0 unspecified atom stereocenters. The van der Waals surface area contributed by atoms with Crippen molar-refractivity contribution in [2.24, 2.45) is 5.41 Å². The highest BCUT2D eigenvalue weighted by molar-refractivity contribution is 5.98. The number of ketones is 1. The standard InChI is InChI=1S/C20H28N2O/c1-20(2)13-18(21-16-9-5-3-6-10-16)17(19(23)14-20)15-22-11-7-4-8-12-22/h3,5-6,9-10,21H,4,7-8,11-15H2,1-2H3. The van der Waals surface area contributed by atoms with Gasteiger partial charge in [-0.15, -0.1) is 0 Å². The van der Waals surface area contributed by atoms with Gasteiger partial charge in [0, 0.05) is 29.9 Å². The molecule has 1 aliphatic heterocycles. The maximum atomic E-state index is 12.8. The molecule has 0 spiro atoms.